The van der Waals surface area contributed by atoms with Gasteiger partial charge in [-0.05, 0) is 42.3 Å². The number of fused-ring (bicyclic) bond motifs is 1. The van der Waals surface area contributed by atoms with E-state index in [0.29, 0.717) is 16.5 Å². The Labute approximate surface area is 144 Å². The van der Waals surface area contributed by atoms with Crippen LogP contribution in [0.25, 0.3) is 16.5 Å². The molecule has 3 rings (SSSR count). The van der Waals surface area contributed by atoms with Gasteiger partial charge in [-0.1, -0.05) is 26.0 Å². The van der Waals surface area contributed by atoms with Gasteiger partial charge in [0.2, 0.25) is 0 Å². The number of nitrogens with one attached hydrogen (secondary N) is 1. The highest BCUT2D eigenvalue weighted by Gasteiger charge is 2.16. The van der Waals surface area contributed by atoms with Gasteiger partial charge >= 0.3 is 0 Å². The van der Waals surface area contributed by atoms with Gasteiger partial charge in [-0.3, -0.25) is 14.7 Å². The van der Waals surface area contributed by atoms with Crippen molar-refractivity contribution in [2.75, 3.05) is 5.75 Å². The summed E-state index contributed by atoms with van der Waals surface area (Å²) in [5, 5.41) is 3.15. The lowest BCUT2D eigenvalue weighted by Crippen LogP contribution is -2.28. The fourth-order valence-corrected chi connectivity index (χ4v) is 4.34. The zero-order chi connectivity index (χ0) is 18.2. The molecule has 7 heteroatoms. The highest BCUT2D eigenvalue weighted by atomic mass is 32.2. The second-order valence-electron chi connectivity index (χ2n) is 6.30. The van der Waals surface area contributed by atoms with Crippen LogP contribution >= 0.6 is 0 Å². The molecule has 0 saturated heterocycles. The minimum atomic E-state index is -3.37. The number of aromatic nitrogens is 2. The lowest BCUT2D eigenvalue weighted by Gasteiger charge is -2.10. The third-order valence-corrected chi connectivity index (χ3v) is 5.92. The minimum absolute atomic E-state index is 0.0177. The second-order valence-corrected chi connectivity index (χ2v) is 8.33. The fourth-order valence-electron chi connectivity index (χ4n) is 2.72. The Morgan fingerprint density at radius 2 is 1.56 bits per heavy atom. The van der Waals surface area contributed by atoms with Crippen LogP contribution < -0.4 is 11.1 Å². The lowest BCUT2D eigenvalue weighted by molar-refractivity contribution is 0.582. The number of H-pyrrole nitrogens is 1. The third kappa shape index (κ3) is 3.28. The number of aromatic amines is 1. The topological polar surface area (TPSA) is 89.0 Å². The standard InChI is InChI=1S/C18H18N2O4S/c1-12(2)11-25(23,24)14-9-7-13(8-10-14)20-18(22)16-6-4-3-5-15(16)17(21)19-20/h3-10,12H,11H2,1-2H3,(H,19,21). The fraction of sp³-hybridized carbons (Fsp3) is 0.222. The van der Waals surface area contributed by atoms with Crippen molar-refractivity contribution in [2.45, 2.75) is 18.7 Å². The van der Waals surface area contributed by atoms with Gasteiger partial charge < -0.3 is 0 Å². The summed E-state index contributed by atoms with van der Waals surface area (Å²) in [6, 6.07) is 12.5. The average molecular weight is 358 g/mol. The van der Waals surface area contributed by atoms with Crippen LogP contribution in [-0.2, 0) is 9.84 Å². The molecule has 130 valence electrons. The van der Waals surface area contributed by atoms with Crippen molar-refractivity contribution in [3.05, 3.63) is 69.2 Å². The maximum Gasteiger partial charge on any atom is 0.277 e. The first-order valence-corrected chi connectivity index (χ1v) is 9.52. The van der Waals surface area contributed by atoms with Crippen molar-refractivity contribution in [1.82, 2.24) is 9.78 Å². The van der Waals surface area contributed by atoms with Crippen LogP contribution in [0.15, 0.2) is 63.0 Å². The van der Waals surface area contributed by atoms with Gasteiger partial charge in [0.25, 0.3) is 11.1 Å². The highest BCUT2D eigenvalue weighted by molar-refractivity contribution is 7.91. The van der Waals surface area contributed by atoms with E-state index < -0.39 is 9.84 Å². The molecule has 1 aromatic heterocycles. The Morgan fingerprint density at radius 3 is 2.16 bits per heavy atom. The highest BCUT2D eigenvalue weighted by Crippen LogP contribution is 2.16. The van der Waals surface area contributed by atoms with Crippen molar-refractivity contribution in [2.24, 2.45) is 5.92 Å². The predicted molar refractivity (Wildman–Crippen MR) is 97.1 cm³/mol. The Bertz CT molecular complexity index is 1140. The van der Waals surface area contributed by atoms with Crippen LogP contribution in [0.1, 0.15) is 13.8 Å². The van der Waals surface area contributed by atoms with Crippen molar-refractivity contribution < 1.29 is 8.42 Å². The van der Waals surface area contributed by atoms with Gasteiger partial charge in [0.1, 0.15) is 0 Å². The first kappa shape index (κ1) is 17.2. The van der Waals surface area contributed by atoms with E-state index in [9.17, 15) is 18.0 Å². The molecule has 0 aliphatic heterocycles. The number of hydrogen-bond acceptors (Lipinski definition) is 4. The van der Waals surface area contributed by atoms with Gasteiger partial charge in [-0.2, -0.15) is 0 Å². The van der Waals surface area contributed by atoms with Crippen LogP contribution in [0.4, 0.5) is 0 Å². The van der Waals surface area contributed by atoms with Crippen molar-refractivity contribution in [3.8, 4) is 5.69 Å². The van der Waals surface area contributed by atoms with Crippen LogP contribution in [0.5, 0.6) is 0 Å². The monoisotopic (exact) mass is 358 g/mol. The molecule has 2 aromatic carbocycles. The molecule has 0 aliphatic rings. The summed E-state index contributed by atoms with van der Waals surface area (Å²) in [5.74, 6) is 0.0724. The molecule has 25 heavy (non-hydrogen) atoms. The second kappa shape index (κ2) is 6.33. The minimum Gasteiger partial charge on any atom is -0.267 e. The largest absolute Gasteiger partial charge is 0.277 e. The molecule has 0 aliphatic carbocycles. The average Bonchev–Trinajstić information content (AvgIpc) is 2.57. The number of nitrogens with zero attached hydrogens (tertiary/aromatic N) is 1. The first-order valence-electron chi connectivity index (χ1n) is 7.87. The predicted octanol–water partition coefficient (Wildman–Crippen LogP) is 2.11. The molecular formula is C18H18N2O4S. The van der Waals surface area contributed by atoms with Crippen LogP contribution in [0, 0.1) is 5.92 Å². The van der Waals surface area contributed by atoms with E-state index in [-0.39, 0.29) is 27.7 Å². The summed E-state index contributed by atoms with van der Waals surface area (Å²) in [7, 11) is -3.37. The first-order chi connectivity index (χ1) is 11.8. The number of sulfone groups is 1. The van der Waals surface area contributed by atoms with Crippen molar-refractivity contribution >= 4 is 20.6 Å². The molecule has 0 bridgehead atoms. The number of benzene rings is 2. The summed E-state index contributed by atoms with van der Waals surface area (Å²) >= 11 is 0. The Balaban J connectivity index is 2.10. The van der Waals surface area contributed by atoms with Crippen molar-refractivity contribution in [1.29, 1.82) is 0 Å². The van der Waals surface area contributed by atoms with E-state index in [4.69, 9.17) is 0 Å². The van der Waals surface area contributed by atoms with Gasteiger partial charge in [0.15, 0.2) is 9.84 Å². The van der Waals surface area contributed by atoms with E-state index in [2.05, 4.69) is 5.10 Å². The molecule has 0 atom stereocenters. The smallest absolute Gasteiger partial charge is 0.267 e. The molecule has 0 amide bonds. The van der Waals surface area contributed by atoms with Crippen LogP contribution in [0.2, 0.25) is 0 Å². The van der Waals surface area contributed by atoms with E-state index in [0.717, 1.165) is 4.68 Å². The van der Waals surface area contributed by atoms with Crippen LogP contribution in [0.3, 0.4) is 0 Å². The summed E-state index contributed by atoms with van der Waals surface area (Å²) in [4.78, 5) is 24.9. The molecule has 0 fully saturated rings. The Hall–Kier alpha value is -2.67. The van der Waals surface area contributed by atoms with E-state index in [1.165, 1.54) is 24.3 Å². The Morgan fingerprint density at radius 1 is 0.960 bits per heavy atom. The molecule has 3 aromatic rings. The molecule has 0 radical (unpaired) electrons. The van der Waals surface area contributed by atoms with E-state index >= 15 is 0 Å². The summed E-state index contributed by atoms with van der Waals surface area (Å²) < 4.78 is 25.6. The van der Waals surface area contributed by atoms with E-state index in [1.807, 2.05) is 13.8 Å². The SMILES string of the molecule is CC(C)CS(=O)(=O)c1ccc(-n2[nH]c(=O)c3ccccc3c2=O)cc1. The van der Waals surface area contributed by atoms with Crippen molar-refractivity contribution in [3.63, 3.8) is 0 Å². The molecule has 0 saturated carbocycles. The van der Waals surface area contributed by atoms with Gasteiger partial charge in [0, 0.05) is 0 Å². The summed E-state index contributed by atoms with van der Waals surface area (Å²) in [6.07, 6.45) is 0. The van der Waals surface area contributed by atoms with Gasteiger partial charge in [-0.15, -0.1) is 0 Å². The van der Waals surface area contributed by atoms with Crippen LogP contribution in [-0.4, -0.2) is 24.0 Å². The summed E-state index contributed by atoms with van der Waals surface area (Å²) in [6.45, 7) is 3.68. The molecule has 1 heterocycles. The quantitative estimate of drug-likeness (QED) is 0.773. The zero-order valence-electron chi connectivity index (χ0n) is 13.9. The number of rotatable bonds is 4. The Kier molecular flexibility index (Phi) is 4.34. The normalized spacial score (nSPS) is 12.0. The molecule has 6 nitrogen and oxygen atoms in total. The maximum atomic E-state index is 12.6. The van der Waals surface area contributed by atoms with E-state index in [1.54, 1.807) is 24.3 Å². The summed E-state index contributed by atoms with van der Waals surface area (Å²) in [5.41, 5.74) is -0.351. The van der Waals surface area contributed by atoms with Gasteiger partial charge in [-0.25, -0.2) is 13.1 Å². The molecular weight excluding hydrogens is 340 g/mol. The van der Waals surface area contributed by atoms with Gasteiger partial charge in [0.05, 0.1) is 27.1 Å². The molecule has 1 N–H and O–H groups in total. The lowest BCUT2D eigenvalue weighted by atomic mass is 10.2. The zero-order valence-corrected chi connectivity index (χ0v) is 14.7. The molecule has 0 unspecified atom stereocenters. The maximum absolute atomic E-state index is 12.6. The molecule has 0 spiro atoms. The third-order valence-electron chi connectivity index (χ3n) is 3.83. The number of hydrogen-bond donors (Lipinski definition) is 1.